The van der Waals surface area contributed by atoms with Crippen LogP contribution >= 0.6 is 0 Å². The average Bonchev–Trinajstić information content (AvgIpc) is 2.52. The largest absolute Gasteiger partial charge is 0.351 e. The minimum atomic E-state index is -3.50. The van der Waals surface area contributed by atoms with E-state index in [0.717, 1.165) is 6.54 Å². The van der Waals surface area contributed by atoms with E-state index < -0.39 is 10.0 Å². The lowest BCUT2D eigenvalue weighted by Gasteiger charge is -2.28. The Hall–Kier alpha value is -1.44. The Kier molecular flexibility index (Phi) is 7.59. The topological polar surface area (TPSA) is 69.7 Å². The smallest absolute Gasteiger partial charge is 0.251 e. The van der Waals surface area contributed by atoms with Gasteiger partial charge in [-0.3, -0.25) is 4.79 Å². The third kappa shape index (κ3) is 6.09. The van der Waals surface area contributed by atoms with Crippen LogP contribution in [0.2, 0.25) is 0 Å². The molecule has 1 amide bonds. The van der Waals surface area contributed by atoms with Crippen molar-refractivity contribution in [3.63, 3.8) is 0 Å². The first-order valence-electron chi connectivity index (χ1n) is 8.56. The van der Waals surface area contributed by atoms with Crippen LogP contribution < -0.4 is 5.32 Å². The molecule has 25 heavy (non-hydrogen) atoms. The molecule has 0 atom stereocenters. The Morgan fingerprint density at radius 3 is 2.04 bits per heavy atom. The van der Waals surface area contributed by atoms with E-state index in [1.54, 1.807) is 26.0 Å². The first-order valence-corrected chi connectivity index (χ1v) is 10.0. The summed E-state index contributed by atoms with van der Waals surface area (Å²) in [6.45, 7) is 10.0. The van der Waals surface area contributed by atoms with Gasteiger partial charge in [-0.25, -0.2) is 8.42 Å². The van der Waals surface area contributed by atoms with Gasteiger partial charge in [0, 0.05) is 31.7 Å². The third-order valence-corrected chi connectivity index (χ3v) is 6.00. The van der Waals surface area contributed by atoms with Crippen molar-refractivity contribution in [2.24, 2.45) is 5.41 Å². The molecule has 0 aromatic heterocycles. The molecule has 0 spiro atoms. The summed E-state index contributed by atoms with van der Waals surface area (Å²) in [5.41, 5.74) is 0.407. The van der Waals surface area contributed by atoms with E-state index in [9.17, 15) is 13.2 Å². The van der Waals surface area contributed by atoms with E-state index in [0.29, 0.717) is 25.2 Å². The van der Waals surface area contributed by atoms with Crippen molar-refractivity contribution in [1.82, 2.24) is 14.5 Å². The van der Waals surface area contributed by atoms with Crippen LogP contribution in [0.5, 0.6) is 0 Å². The van der Waals surface area contributed by atoms with Crippen molar-refractivity contribution in [3.8, 4) is 0 Å². The lowest BCUT2D eigenvalue weighted by Crippen LogP contribution is -2.40. The minimum Gasteiger partial charge on any atom is -0.351 e. The van der Waals surface area contributed by atoms with Crippen LogP contribution in [0.4, 0.5) is 0 Å². The van der Waals surface area contributed by atoms with Gasteiger partial charge < -0.3 is 10.2 Å². The van der Waals surface area contributed by atoms with E-state index in [1.165, 1.54) is 16.4 Å². The molecule has 142 valence electrons. The van der Waals surface area contributed by atoms with Crippen LogP contribution in [0.25, 0.3) is 0 Å². The van der Waals surface area contributed by atoms with Gasteiger partial charge in [0.05, 0.1) is 4.90 Å². The molecular formula is C18H31N3O3S. The maximum Gasteiger partial charge on any atom is 0.251 e. The van der Waals surface area contributed by atoms with Crippen LogP contribution in [0, 0.1) is 5.41 Å². The Morgan fingerprint density at radius 2 is 1.60 bits per heavy atom. The molecule has 0 bridgehead atoms. The zero-order valence-corrected chi connectivity index (χ0v) is 17.0. The van der Waals surface area contributed by atoms with Crippen molar-refractivity contribution in [3.05, 3.63) is 29.8 Å². The van der Waals surface area contributed by atoms with Gasteiger partial charge in [-0.05, 0) is 43.8 Å². The van der Waals surface area contributed by atoms with Gasteiger partial charge in [-0.15, -0.1) is 0 Å². The first kappa shape index (κ1) is 21.6. The van der Waals surface area contributed by atoms with Crippen molar-refractivity contribution in [1.29, 1.82) is 0 Å². The fraction of sp³-hybridized carbons (Fsp3) is 0.611. The molecule has 7 heteroatoms. The van der Waals surface area contributed by atoms with Crippen molar-refractivity contribution in [2.75, 3.05) is 40.3 Å². The molecule has 0 radical (unpaired) electrons. The predicted molar refractivity (Wildman–Crippen MR) is 101 cm³/mol. The van der Waals surface area contributed by atoms with E-state index in [2.05, 4.69) is 24.1 Å². The van der Waals surface area contributed by atoms with Crippen molar-refractivity contribution in [2.45, 2.75) is 32.6 Å². The maximum absolute atomic E-state index is 12.5. The molecule has 0 fully saturated rings. The molecule has 0 saturated carbocycles. The number of hydrogen-bond acceptors (Lipinski definition) is 4. The number of hydrogen-bond donors (Lipinski definition) is 1. The number of carbonyl (C=O) groups excluding carboxylic acids is 1. The summed E-state index contributed by atoms with van der Waals surface area (Å²) in [4.78, 5) is 14.6. The van der Waals surface area contributed by atoms with E-state index in [1.807, 2.05) is 14.1 Å². The number of amides is 1. The summed E-state index contributed by atoms with van der Waals surface area (Å²) >= 11 is 0. The van der Waals surface area contributed by atoms with E-state index in [4.69, 9.17) is 0 Å². The number of nitrogens with zero attached hydrogens (tertiary/aromatic N) is 2. The molecular weight excluding hydrogens is 338 g/mol. The van der Waals surface area contributed by atoms with Crippen molar-refractivity contribution < 1.29 is 13.2 Å². The third-order valence-electron chi connectivity index (χ3n) is 3.93. The minimum absolute atomic E-state index is 0.0504. The SMILES string of the molecule is CCN(CC)S(=O)(=O)c1ccc(C(=O)NCC(C)(C)CN(C)C)cc1. The highest BCUT2D eigenvalue weighted by atomic mass is 32.2. The lowest BCUT2D eigenvalue weighted by molar-refractivity contribution is 0.0929. The molecule has 1 N–H and O–H groups in total. The normalized spacial score (nSPS) is 12.6. The van der Waals surface area contributed by atoms with Gasteiger partial charge in [-0.1, -0.05) is 27.7 Å². The van der Waals surface area contributed by atoms with E-state index in [-0.39, 0.29) is 16.2 Å². The first-order chi connectivity index (χ1) is 11.5. The van der Waals surface area contributed by atoms with Gasteiger partial charge in [0.25, 0.3) is 5.91 Å². The molecule has 1 aromatic rings. The monoisotopic (exact) mass is 369 g/mol. The molecule has 6 nitrogen and oxygen atoms in total. The van der Waals surface area contributed by atoms with Crippen LogP contribution in [0.15, 0.2) is 29.2 Å². The number of sulfonamides is 1. The number of rotatable bonds is 9. The van der Waals surface area contributed by atoms with Gasteiger partial charge in [0.2, 0.25) is 10.0 Å². The Morgan fingerprint density at radius 1 is 1.08 bits per heavy atom. The molecule has 0 unspecified atom stereocenters. The second-order valence-electron chi connectivity index (χ2n) is 7.20. The zero-order chi connectivity index (χ0) is 19.3. The van der Waals surface area contributed by atoms with Crippen LogP contribution in [-0.4, -0.2) is 63.8 Å². The summed E-state index contributed by atoms with van der Waals surface area (Å²) in [6.07, 6.45) is 0. The van der Waals surface area contributed by atoms with Crippen molar-refractivity contribution >= 4 is 15.9 Å². The molecule has 1 aromatic carbocycles. The fourth-order valence-corrected chi connectivity index (χ4v) is 4.28. The molecule has 0 saturated heterocycles. The second kappa shape index (κ2) is 8.78. The molecule has 0 aliphatic heterocycles. The fourth-order valence-electron chi connectivity index (χ4n) is 2.82. The summed E-state index contributed by atoms with van der Waals surface area (Å²) in [7, 11) is 0.501. The quantitative estimate of drug-likeness (QED) is 0.723. The number of nitrogens with one attached hydrogen (secondary N) is 1. The van der Waals surface area contributed by atoms with E-state index >= 15 is 0 Å². The Labute approximate surface area is 152 Å². The van der Waals surface area contributed by atoms with Gasteiger partial charge >= 0.3 is 0 Å². The molecule has 1 rings (SSSR count). The predicted octanol–water partition coefficient (Wildman–Crippen LogP) is 2.03. The van der Waals surface area contributed by atoms with Gasteiger partial charge in [0.1, 0.15) is 0 Å². The molecule has 0 aliphatic carbocycles. The highest BCUT2D eigenvalue weighted by Crippen LogP contribution is 2.17. The van der Waals surface area contributed by atoms with Gasteiger partial charge in [-0.2, -0.15) is 4.31 Å². The average molecular weight is 370 g/mol. The maximum atomic E-state index is 12.5. The summed E-state index contributed by atoms with van der Waals surface area (Å²) < 4.78 is 26.3. The summed E-state index contributed by atoms with van der Waals surface area (Å²) in [5.74, 6) is -0.196. The van der Waals surface area contributed by atoms with Crippen LogP contribution in [-0.2, 0) is 10.0 Å². The van der Waals surface area contributed by atoms with Gasteiger partial charge in [0.15, 0.2) is 0 Å². The molecule has 0 aliphatic rings. The Bertz CT molecular complexity index is 663. The summed E-state index contributed by atoms with van der Waals surface area (Å²) in [6, 6.07) is 6.11. The second-order valence-corrected chi connectivity index (χ2v) is 9.14. The highest BCUT2D eigenvalue weighted by Gasteiger charge is 2.23. The summed E-state index contributed by atoms with van der Waals surface area (Å²) in [5, 5.41) is 2.92. The highest BCUT2D eigenvalue weighted by molar-refractivity contribution is 7.89. The van der Waals surface area contributed by atoms with Crippen LogP contribution in [0.1, 0.15) is 38.1 Å². The Balaban J connectivity index is 2.81. The standard InChI is InChI=1S/C18H31N3O3S/c1-7-21(8-2)25(23,24)16-11-9-15(10-12-16)17(22)19-13-18(3,4)14-20(5)6/h9-12H,7-8,13-14H2,1-6H3,(H,19,22). The zero-order valence-electron chi connectivity index (χ0n) is 16.2. The molecule has 0 heterocycles. The number of benzene rings is 1. The lowest BCUT2D eigenvalue weighted by atomic mass is 9.93. The number of carbonyl (C=O) groups is 1. The van der Waals surface area contributed by atoms with Crippen LogP contribution in [0.3, 0.4) is 0 Å².